The Hall–Kier alpha value is -1.97. The smallest absolute Gasteiger partial charge is 0.332 e. The van der Waals surface area contributed by atoms with Crippen molar-refractivity contribution in [3.05, 3.63) is 26.7 Å². The predicted octanol–water partition coefficient (Wildman–Crippen LogP) is 0.140. The maximum absolute atomic E-state index is 13.0. The van der Waals surface area contributed by atoms with Crippen molar-refractivity contribution in [1.29, 1.82) is 0 Å². The molecule has 2 fully saturated rings. The van der Waals surface area contributed by atoms with E-state index in [-0.39, 0.29) is 11.2 Å². The Kier molecular flexibility index (Phi) is 5.89. The molecule has 0 spiro atoms. The number of fused-ring (bicyclic) bond motifs is 1. The third kappa shape index (κ3) is 3.91. The number of piperidine rings is 1. The summed E-state index contributed by atoms with van der Waals surface area (Å²) in [6, 6.07) is 0.503. The first kappa shape index (κ1) is 20.3. The van der Waals surface area contributed by atoms with Crippen LogP contribution in [0.4, 0.5) is 0 Å². The van der Waals surface area contributed by atoms with Crippen molar-refractivity contribution in [2.45, 2.75) is 45.3 Å². The van der Waals surface area contributed by atoms with Crippen molar-refractivity contribution in [3.8, 4) is 0 Å². The first-order valence-corrected chi connectivity index (χ1v) is 10.7. The maximum atomic E-state index is 13.0. The van der Waals surface area contributed by atoms with Gasteiger partial charge in [0.05, 0.1) is 19.8 Å². The number of imidazole rings is 1. The van der Waals surface area contributed by atoms with Crippen LogP contribution in [0.1, 0.15) is 32.0 Å². The second kappa shape index (κ2) is 8.41. The largest absolute Gasteiger partial charge is 0.379 e. The second-order valence-electron chi connectivity index (χ2n) is 8.33. The van der Waals surface area contributed by atoms with Gasteiger partial charge in [-0.1, -0.05) is 6.42 Å². The summed E-state index contributed by atoms with van der Waals surface area (Å²) in [6.45, 7) is 8.84. The SMILES string of the molecule is CC1CCCCN1Cc1nc2c(c(=O)n(C)c(=O)n2C)n1CCN1CCOCC1. The van der Waals surface area contributed by atoms with Gasteiger partial charge >= 0.3 is 5.69 Å². The van der Waals surface area contributed by atoms with Crippen LogP contribution in [0.2, 0.25) is 0 Å². The summed E-state index contributed by atoms with van der Waals surface area (Å²) < 4.78 is 10.2. The Balaban J connectivity index is 1.73. The summed E-state index contributed by atoms with van der Waals surface area (Å²) in [6.07, 6.45) is 3.65. The summed E-state index contributed by atoms with van der Waals surface area (Å²) in [5, 5.41) is 0. The first-order chi connectivity index (χ1) is 14.0. The van der Waals surface area contributed by atoms with E-state index >= 15 is 0 Å². The van der Waals surface area contributed by atoms with E-state index in [9.17, 15) is 9.59 Å². The van der Waals surface area contributed by atoms with Crippen LogP contribution in [0.25, 0.3) is 11.2 Å². The highest BCUT2D eigenvalue weighted by molar-refractivity contribution is 5.71. The van der Waals surface area contributed by atoms with Crippen LogP contribution < -0.4 is 11.2 Å². The fourth-order valence-electron chi connectivity index (χ4n) is 4.49. The summed E-state index contributed by atoms with van der Waals surface area (Å²) >= 11 is 0. The van der Waals surface area contributed by atoms with Crippen molar-refractivity contribution in [2.75, 3.05) is 39.4 Å². The third-order valence-corrected chi connectivity index (χ3v) is 6.46. The van der Waals surface area contributed by atoms with Crippen LogP contribution in [-0.4, -0.2) is 73.9 Å². The molecule has 4 heterocycles. The molecule has 2 aliphatic rings. The topological polar surface area (TPSA) is 77.5 Å². The normalized spacial score (nSPS) is 21.8. The molecule has 9 nitrogen and oxygen atoms in total. The molecule has 29 heavy (non-hydrogen) atoms. The summed E-state index contributed by atoms with van der Waals surface area (Å²) in [5.41, 5.74) is 0.413. The molecular weight excluding hydrogens is 372 g/mol. The van der Waals surface area contributed by atoms with Gasteiger partial charge in [-0.15, -0.1) is 0 Å². The van der Waals surface area contributed by atoms with E-state index in [4.69, 9.17) is 9.72 Å². The van der Waals surface area contributed by atoms with E-state index in [0.717, 1.165) is 45.2 Å². The van der Waals surface area contributed by atoms with Gasteiger partial charge in [-0.3, -0.25) is 23.7 Å². The standard InChI is InChI=1S/C20H32N6O3/c1-15-6-4-5-7-25(15)14-16-21-18-17(19(27)23(3)20(28)22(18)2)26(16)9-8-24-10-12-29-13-11-24/h15H,4-14H2,1-3H3. The fourth-order valence-corrected chi connectivity index (χ4v) is 4.49. The monoisotopic (exact) mass is 404 g/mol. The Labute approximate surface area is 170 Å². The minimum atomic E-state index is -0.335. The van der Waals surface area contributed by atoms with Crippen molar-refractivity contribution in [1.82, 2.24) is 28.5 Å². The molecule has 0 aliphatic carbocycles. The van der Waals surface area contributed by atoms with E-state index in [0.29, 0.717) is 30.3 Å². The van der Waals surface area contributed by atoms with Gasteiger partial charge in [0.1, 0.15) is 5.82 Å². The molecule has 4 rings (SSSR count). The molecule has 2 aromatic heterocycles. The Morgan fingerprint density at radius 3 is 2.52 bits per heavy atom. The molecular formula is C20H32N6O3. The summed E-state index contributed by atoms with van der Waals surface area (Å²) in [4.78, 5) is 35.0. The lowest BCUT2D eigenvalue weighted by Crippen LogP contribution is -2.40. The summed E-state index contributed by atoms with van der Waals surface area (Å²) in [5.74, 6) is 0.875. The average Bonchev–Trinajstić information content (AvgIpc) is 3.10. The van der Waals surface area contributed by atoms with Gasteiger partial charge in [-0.25, -0.2) is 9.78 Å². The number of hydrogen-bond acceptors (Lipinski definition) is 6. The molecule has 2 aliphatic heterocycles. The molecule has 0 amide bonds. The van der Waals surface area contributed by atoms with Crippen LogP contribution in [0.5, 0.6) is 0 Å². The summed E-state index contributed by atoms with van der Waals surface area (Å²) in [7, 11) is 3.23. The van der Waals surface area contributed by atoms with E-state index in [1.54, 1.807) is 7.05 Å². The molecule has 0 N–H and O–H groups in total. The highest BCUT2D eigenvalue weighted by Crippen LogP contribution is 2.20. The third-order valence-electron chi connectivity index (χ3n) is 6.46. The Morgan fingerprint density at radius 1 is 1.03 bits per heavy atom. The average molecular weight is 405 g/mol. The molecule has 0 bridgehead atoms. The molecule has 1 atom stereocenters. The molecule has 2 aromatic rings. The van der Waals surface area contributed by atoms with Gasteiger partial charge in [-0.2, -0.15) is 0 Å². The van der Waals surface area contributed by atoms with E-state index in [1.807, 2.05) is 4.57 Å². The number of aryl methyl sites for hydroxylation is 1. The molecule has 1 unspecified atom stereocenters. The number of nitrogens with zero attached hydrogens (tertiary/aromatic N) is 6. The molecule has 0 aromatic carbocycles. The number of hydrogen-bond donors (Lipinski definition) is 0. The van der Waals surface area contributed by atoms with E-state index in [2.05, 4.69) is 16.7 Å². The molecule has 2 saturated heterocycles. The lowest BCUT2D eigenvalue weighted by molar-refractivity contribution is 0.0363. The zero-order chi connectivity index (χ0) is 20.5. The number of ether oxygens (including phenoxy) is 1. The first-order valence-electron chi connectivity index (χ1n) is 10.7. The zero-order valence-electron chi connectivity index (χ0n) is 17.8. The highest BCUT2D eigenvalue weighted by atomic mass is 16.5. The van der Waals surface area contributed by atoms with Gasteiger partial charge in [0.2, 0.25) is 0 Å². The van der Waals surface area contributed by atoms with Crippen molar-refractivity contribution < 1.29 is 4.74 Å². The number of likely N-dealkylation sites (tertiary alicyclic amines) is 1. The quantitative estimate of drug-likeness (QED) is 0.706. The zero-order valence-corrected chi connectivity index (χ0v) is 17.8. The Morgan fingerprint density at radius 2 is 1.79 bits per heavy atom. The minimum Gasteiger partial charge on any atom is -0.379 e. The van der Waals surface area contributed by atoms with Crippen LogP contribution in [0, 0.1) is 0 Å². The van der Waals surface area contributed by atoms with Gasteiger partial charge in [0, 0.05) is 46.3 Å². The van der Waals surface area contributed by atoms with Crippen LogP contribution in [-0.2, 0) is 31.9 Å². The lowest BCUT2D eigenvalue weighted by atomic mass is 10.0. The molecule has 0 saturated carbocycles. The molecule has 0 radical (unpaired) electrons. The number of aromatic nitrogens is 4. The Bertz CT molecular complexity index is 985. The van der Waals surface area contributed by atoms with Gasteiger partial charge in [0.25, 0.3) is 5.56 Å². The number of morpholine rings is 1. The minimum absolute atomic E-state index is 0.268. The fraction of sp³-hybridized carbons (Fsp3) is 0.750. The van der Waals surface area contributed by atoms with Gasteiger partial charge in [-0.05, 0) is 26.3 Å². The predicted molar refractivity (Wildman–Crippen MR) is 111 cm³/mol. The van der Waals surface area contributed by atoms with Crippen LogP contribution in [0.15, 0.2) is 9.59 Å². The highest BCUT2D eigenvalue weighted by Gasteiger charge is 2.24. The van der Waals surface area contributed by atoms with E-state index < -0.39 is 0 Å². The maximum Gasteiger partial charge on any atom is 0.332 e. The van der Waals surface area contributed by atoms with Gasteiger partial charge < -0.3 is 9.30 Å². The van der Waals surface area contributed by atoms with Crippen molar-refractivity contribution in [3.63, 3.8) is 0 Å². The van der Waals surface area contributed by atoms with Crippen LogP contribution >= 0.6 is 0 Å². The number of rotatable bonds is 5. The molecule has 160 valence electrons. The van der Waals surface area contributed by atoms with Crippen molar-refractivity contribution in [2.24, 2.45) is 14.1 Å². The lowest BCUT2D eigenvalue weighted by Gasteiger charge is -2.33. The van der Waals surface area contributed by atoms with Gasteiger partial charge in [0.15, 0.2) is 11.2 Å². The van der Waals surface area contributed by atoms with E-state index in [1.165, 1.54) is 35.4 Å². The van der Waals surface area contributed by atoms with Crippen LogP contribution in [0.3, 0.4) is 0 Å². The molecule has 9 heteroatoms. The second-order valence-corrected chi connectivity index (χ2v) is 8.33. The van der Waals surface area contributed by atoms with Crippen molar-refractivity contribution >= 4 is 11.2 Å².